The Morgan fingerprint density at radius 2 is 0.125 bits per heavy atom. The molecule has 388 valence electrons. The summed E-state index contributed by atoms with van der Waals surface area (Å²) in [4.78, 5) is 0. The van der Waals surface area contributed by atoms with Gasteiger partial charge in [-0.05, 0) is 178 Å². The molecule has 0 aliphatic heterocycles. The molecule has 0 aliphatic rings. The van der Waals surface area contributed by atoms with Crippen LogP contribution in [0.2, 0.25) is 0 Å². The molecule has 0 spiro atoms. The van der Waals surface area contributed by atoms with Crippen LogP contribution in [0, 0.1) is 178 Å². The Kier molecular flexibility index (Phi) is 30.9. The first kappa shape index (κ1) is 66.1. The van der Waals surface area contributed by atoms with Crippen molar-refractivity contribution in [1.29, 1.82) is 0 Å². The van der Waals surface area contributed by atoms with Crippen molar-refractivity contribution in [3.63, 3.8) is 0 Å². The second-order valence-corrected chi connectivity index (χ2v) is 27.3. The SMILES string of the molecule is CC(C)C(C)C(C)C(C)C(C)C(C)C(C)C(C)C(C)C(C)C(C)C(C)C(C)C(C)C(C)C.CC(C)C(C)C(C)C(C)C(C)C(C)C(C)C(C)C(C)C(C)C(C)C(C)C(C)C(C)C(C)C. The van der Waals surface area contributed by atoms with E-state index in [1.54, 1.807) is 0 Å². The summed E-state index contributed by atoms with van der Waals surface area (Å²) in [7, 11) is 0. The summed E-state index contributed by atoms with van der Waals surface area (Å²) in [6.45, 7) is 84.7. The van der Waals surface area contributed by atoms with Crippen LogP contribution in [0.4, 0.5) is 0 Å². The lowest BCUT2D eigenvalue weighted by atomic mass is 9.63. The fraction of sp³-hybridized carbons (Fsp3) is 1.00. The lowest BCUT2D eigenvalue weighted by Gasteiger charge is -2.43. The van der Waals surface area contributed by atoms with Gasteiger partial charge >= 0.3 is 0 Å². The number of hydrogen-bond acceptors (Lipinski definition) is 0. The van der Waals surface area contributed by atoms with Crippen LogP contribution in [0.25, 0.3) is 0 Å². The van der Waals surface area contributed by atoms with Crippen LogP contribution >= 0.6 is 0 Å². The average molecular weight is 902 g/mol. The lowest BCUT2D eigenvalue weighted by Crippen LogP contribution is -2.36. The van der Waals surface area contributed by atoms with E-state index >= 15 is 0 Å². The van der Waals surface area contributed by atoms with Crippen molar-refractivity contribution < 1.29 is 0 Å². The normalized spacial score (nSPS) is 25.2. The smallest absolute Gasteiger partial charge is 0.0386 e. The summed E-state index contributed by atoms with van der Waals surface area (Å²) in [5.74, 6) is 23.3. The quantitative estimate of drug-likeness (QED) is 0.0734. The summed E-state index contributed by atoms with van der Waals surface area (Å²) in [5, 5.41) is 0. The lowest BCUT2D eigenvalue weighted by molar-refractivity contribution is 0.0583. The molecule has 0 N–H and O–H groups in total. The molecular weight excluding hydrogens is 769 g/mol. The zero-order valence-corrected chi connectivity index (χ0v) is 51.3. The third-order valence-electron chi connectivity index (χ3n) is 24.1. The Morgan fingerprint density at radius 3 is 0.172 bits per heavy atom. The zero-order chi connectivity index (χ0) is 51.3. The van der Waals surface area contributed by atoms with E-state index in [0.717, 1.165) is 178 Å². The molecule has 64 heavy (non-hydrogen) atoms. The van der Waals surface area contributed by atoms with E-state index in [4.69, 9.17) is 0 Å². The van der Waals surface area contributed by atoms with Crippen molar-refractivity contribution in [2.45, 2.75) is 235 Å². The highest BCUT2D eigenvalue weighted by molar-refractivity contribution is 4.88. The third-order valence-corrected chi connectivity index (χ3v) is 24.1. The summed E-state index contributed by atoms with van der Waals surface area (Å²) >= 11 is 0. The molecule has 0 heterocycles. The highest BCUT2D eigenvalue weighted by Crippen LogP contribution is 2.46. The summed E-state index contributed by atoms with van der Waals surface area (Å²) in [5.41, 5.74) is 0. The van der Waals surface area contributed by atoms with Crippen LogP contribution in [0.1, 0.15) is 235 Å². The predicted molar refractivity (Wildman–Crippen MR) is 298 cm³/mol. The molecule has 0 amide bonds. The summed E-state index contributed by atoms with van der Waals surface area (Å²) in [6, 6.07) is 0. The predicted octanol–water partition coefficient (Wildman–Crippen LogP) is 21.1. The molecule has 0 aromatic carbocycles. The zero-order valence-electron chi connectivity index (χ0n) is 51.3. The average Bonchev–Trinajstić information content (AvgIpc) is 3.26. The van der Waals surface area contributed by atoms with Crippen molar-refractivity contribution in [3.8, 4) is 0 Å². The Bertz CT molecular complexity index is 983. The fourth-order valence-corrected chi connectivity index (χ4v) is 13.0. The van der Waals surface area contributed by atoms with Gasteiger partial charge in [-0.25, -0.2) is 0 Å². The largest absolute Gasteiger partial charge is 0.0625 e. The van der Waals surface area contributed by atoms with E-state index in [0.29, 0.717) is 0 Å². The van der Waals surface area contributed by atoms with Gasteiger partial charge in [-0.2, -0.15) is 0 Å². The van der Waals surface area contributed by atoms with Gasteiger partial charge < -0.3 is 0 Å². The highest BCUT2D eigenvalue weighted by Gasteiger charge is 2.39. The van der Waals surface area contributed by atoms with Gasteiger partial charge in [0.05, 0.1) is 0 Å². The molecule has 0 nitrogen and oxygen atoms in total. The van der Waals surface area contributed by atoms with Crippen LogP contribution < -0.4 is 0 Å². The Hall–Kier alpha value is 0. The monoisotopic (exact) mass is 901 g/mol. The van der Waals surface area contributed by atoms with Gasteiger partial charge in [0, 0.05) is 0 Å². The van der Waals surface area contributed by atoms with Crippen molar-refractivity contribution in [1.82, 2.24) is 0 Å². The molecular formula is C64H132. The maximum atomic E-state index is 2.55. The topological polar surface area (TPSA) is 0 Å². The van der Waals surface area contributed by atoms with Gasteiger partial charge in [-0.3, -0.25) is 0 Å². The molecule has 0 heteroatoms. The second-order valence-electron chi connectivity index (χ2n) is 27.3. The van der Waals surface area contributed by atoms with Crippen LogP contribution in [0.15, 0.2) is 0 Å². The van der Waals surface area contributed by atoms with Crippen molar-refractivity contribution >= 4 is 0 Å². The molecule has 0 rings (SSSR count). The molecule has 0 fully saturated rings. The molecule has 0 saturated heterocycles. The maximum Gasteiger partial charge on any atom is -0.0386 e. The first-order valence-electron chi connectivity index (χ1n) is 29.0. The van der Waals surface area contributed by atoms with E-state index < -0.39 is 0 Å². The Morgan fingerprint density at radius 1 is 0.0781 bits per heavy atom. The molecule has 0 aromatic rings. The van der Waals surface area contributed by atoms with Crippen LogP contribution in [0.5, 0.6) is 0 Å². The minimum Gasteiger partial charge on any atom is -0.0625 e. The first-order valence-corrected chi connectivity index (χ1v) is 29.0. The van der Waals surface area contributed by atoms with E-state index in [1.165, 1.54) is 0 Å². The summed E-state index contributed by atoms with van der Waals surface area (Å²) < 4.78 is 0. The van der Waals surface area contributed by atoms with Gasteiger partial charge in [0.2, 0.25) is 0 Å². The standard InChI is InChI=1S/2C32H66/c2*1-18(2)20(5)22(7)24(9)26(11)28(13)30(15)32(17)31(16)29(14)27(12)25(10)23(8)21(6)19(3)4/h2*18-32H,1-17H3. The van der Waals surface area contributed by atoms with Gasteiger partial charge in [0.15, 0.2) is 0 Å². The first-order chi connectivity index (χ1) is 29.0. The van der Waals surface area contributed by atoms with Gasteiger partial charge in [-0.1, -0.05) is 235 Å². The van der Waals surface area contributed by atoms with Gasteiger partial charge in [0.25, 0.3) is 0 Å². The van der Waals surface area contributed by atoms with Crippen molar-refractivity contribution in [2.24, 2.45) is 178 Å². The number of rotatable bonds is 28. The van der Waals surface area contributed by atoms with Crippen LogP contribution in [-0.4, -0.2) is 0 Å². The molecule has 0 saturated carbocycles. The molecule has 24 atom stereocenters. The maximum absolute atomic E-state index is 2.55. The highest BCUT2D eigenvalue weighted by atomic mass is 14.4. The summed E-state index contributed by atoms with van der Waals surface area (Å²) in [6.07, 6.45) is 0. The molecule has 0 radical (unpaired) electrons. The third kappa shape index (κ3) is 18.4. The minimum absolute atomic E-state index is 0.764. The van der Waals surface area contributed by atoms with Crippen LogP contribution in [0.3, 0.4) is 0 Å². The van der Waals surface area contributed by atoms with E-state index in [1.807, 2.05) is 0 Å². The Balaban J connectivity index is 0. The van der Waals surface area contributed by atoms with E-state index in [9.17, 15) is 0 Å². The molecule has 0 aromatic heterocycles. The van der Waals surface area contributed by atoms with Gasteiger partial charge in [0.1, 0.15) is 0 Å². The van der Waals surface area contributed by atoms with Crippen molar-refractivity contribution in [2.75, 3.05) is 0 Å². The minimum atomic E-state index is 0.764. The molecule has 0 aliphatic carbocycles. The second kappa shape index (κ2) is 29.9. The fourth-order valence-electron chi connectivity index (χ4n) is 13.0. The molecule has 0 bridgehead atoms. The Labute approximate surface area is 411 Å². The van der Waals surface area contributed by atoms with Crippen LogP contribution in [-0.2, 0) is 0 Å². The van der Waals surface area contributed by atoms with E-state index in [-0.39, 0.29) is 0 Å². The molecule has 24 unspecified atom stereocenters. The van der Waals surface area contributed by atoms with Gasteiger partial charge in [-0.15, -0.1) is 0 Å². The van der Waals surface area contributed by atoms with E-state index in [2.05, 4.69) is 235 Å². The number of hydrogen-bond donors (Lipinski definition) is 0. The van der Waals surface area contributed by atoms with Crippen molar-refractivity contribution in [3.05, 3.63) is 0 Å².